The van der Waals surface area contributed by atoms with Crippen LogP contribution >= 0.6 is 0 Å². The molecule has 0 spiro atoms. The highest BCUT2D eigenvalue weighted by Crippen LogP contribution is 2.29. The summed E-state index contributed by atoms with van der Waals surface area (Å²) in [5.74, 6) is 0.976. The molecule has 4 aromatic rings. The molecule has 8 nitrogen and oxygen atoms in total. The van der Waals surface area contributed by atoms with Gasteiger partial charge in [0.25, 0.3) is 5.91 Å². The van der Waals surface area contributed by atoms with E-state index in [0.29, 0.717) is 37.5 Å². The molecule has 2 aromatic carbocycles. The number of amides is 1. The van der Waals surface area contributed by atoms with Gasteiger partial charge in [0.15, 0.2) is 0 Å². The molecule has 0 fully saturated rings. The van der Waals surface area contributed by atoms with Crippen LogP contribution in [-0.4, -0.2) is 43.4 Å². The standard InChI is InChI=1S/C29H32FN5O3/c1-19-8-10-23(38-15-5-13-29(2,3)37)18-24(19)21-12-14-31-26(17-21)33-28(36)27-32-25(34-35-27)11-9-20-6-4-7-22(30)16-20/h4,6-8,10,12,14,16-18,37H,5,9,11,13,15H2,1-3H3,(H,31,33,36)(H,32,34,35). The molecule has 0 bridgehead atoms. The summed E-state index contributed by atoms with van der Waals surface area (Å²) in [6.45, 7) is 6.08. The molecule has 4 rings (SSSR count). The molecule has 0 unspecified atom stereocenters. The summed E-state index contributed by atoms with van der Waals surface area (Å²) < 4.78 is 19.3. The molecule has 0 saturated carbocycles. The summed E-state index contributed by atoms with van der Waals surface area (Å²) in [7, 11) is 0. The SMILES string of the molecule is Cc1ccc(OCCCC(C)(C)O)cc1-c1ccnc(NC(=O)c2nnc(CCc3cccc(F)c3)[nH]2)c1. The molecule has 2 heterocycles. The van der Waals surface area contributed by atoms with Gasteiger partial charge < -0.3 is 20.1 Å². The first-order valence-corrected chi connectivity index (χ1v) is 12.6. The van der Waals surface area contributed by atoms with Gasteiger partial charge >= 0.3 is 0 Å². The monoisotopic (exact) mass is 517 g/mol. The Morgan fingerprint density at radius 2 is 1.95 bits per heavy atom. The molecule has 0 aliphatic carbocycles. The molecule has 0 saturated heterocycles. The van der Waals surface area contributed by atoms with Crippen LogP contribution in [0.2, 0.25) is 0 Å². The zero-order valence-corrected chi connectivity index (χ0v) is 21.8. The number of ether oxygens (including phenoxy) is 1. The first kappa shape index (κ1) is 26.9. The number of hydrogen-bond donors (Lipinski definition) is 3. The second kappa shape index (κ2) is 12.0. The first-order chi connectivity index (χ1) is 18.2. The number of benzene rings is 2. The van der Waals surface area contributed by atoms with Crippen LogP contribution in [0.25, 0.3) is 11.1 Å². The Kier molecular flexibility index (Phi) is 8.48. The third-order valence-electron chi connectivity index (χ3n) is 6.01. The molecule has 9 heteroatoms. The molecule has 0 aliphatic rings. The highest BCUT2D eigenvalue weighted by molar-refractivity contribution is 6.01. The average Bonchev–Trinajstić information content (AvgIpc) is 3.35. The predicted molar refractivity (Wildman–Crippen MR) is 144 cm³/mol. The number of carbonyl (C=O) groups is 1. The molecular formula is C29H32FN5O3. The lowest BCUT2D eigenvalue weighted by molar-refractivity contribution is 0.0641. The summed E-state index contributed by atoms with van der Waals surface area (Å²) >= 11 is 0. The van der Waals surface area contributed by atoms with E-state index in [4.69, 9.17) is 4.74 Å². The fourth-order valence-electron chi connectivity index (χ4n) is 4.01. The maximum atomic E-state index is 13.4. The van der Waals surface area contributed by atoms with Crippen molar-refractivity contribution in [2.24, 2.45) is 0 Å². The number of aliphatic hydroxyl groups is 1. The van der Waals surface area contributed by atoms with E-state index in [1.165, 1.54) is 12.1 Å². The zero-order chi connectivity index (χ0) is 27.1. The van der Waals surface area contributed by atoms with Crippen LogP contribution in [0, 0.1) is 12.7 Å². The van der Waals surface area contributed by atoms with Crippen molar-refractivity contribution in [1.82, 2.24) is 20.2 Å². The molecule has 0 aliphatic heterocycles. The van der Waals surface area contributed by atoms with E-state index in [-0.39, 0.29) is 11.6 Å². The lowest BCUT2D eigenvalue weighted by Gasteiger charge is -2.17. The molecule has 2 aromatic heterocycles. The molecule has 0 atom stereocenters. The van der Waals surface area contributed by atoms with Crippen molar-refractivity contribution in [2.45, 2.75) is 52.1 Å². The number of nitrogens with one attached hydrogen (secondary N) is 2. The second-order valence-electron chi connectivity index (χ2n) is 9.88. The molecule has 3 N–H and O–H groups in total. The number of anilines is 1. The van der Waals surface area contributed by atoms with E-state index in [2.05, 4.69) is 25.5 Å². The number of carbonyl (C=O) groups excluding carboxylic acids is 1. The van der Waals surface area contributed by atoms with Crippen molar-refractivity contribution in [3.63, 3.8) is 0 Å². The summed E-state index contributed by atoms with van der Waals surface area (Å²) in [6.07, 6.45) is 4.09. The van der Waals surface area contributed by atoms with Crippen LogP contribution in [0.15, 0.2) is 60.8 Å². The molecule has 0 radical (unpaired) electrons. The number of aromatic nitrogens is 4. The van der Waals surface area contributed by atoms with Crippen LogP contribution in [0.3, 0.4) is 0 Å². The van der Waals surface area contributed by atoms with Crippen LogP contribution in [0.4, 0.5) is 10.2 Å². The molecule has 38 heavy (non-hydrogen) atoms. The van der Waals surface area contributed by atoms with Crippen molar-refractivity contribution in [1.29, 1.82) is 0 Å². The van der Waals surface area contributed by atoms with E-state index in [9.17, 15) is 14.3 Å². The van der Waals surface area contributed by atoms with Gasteiger partial charge in [0.2, 0.25) is 5.82 Å². The Hall–Kier alpha value is -4.11. The van der Waals surface area contributed by atoms with E-state index >= 15 is 0 Å². The summed E-state index contributed by atoms with van der Waals surface area (Å²) in [5, 5.41) is 20.6. The fourth-order valence-corrected chi connectivity index (χ4v) is 4.01. The topological polar surface area (TPSA) is 113 Å². The van der Waals surface area contributed by atoms with Crippen LogP contribution < -0.4 is 10.1 Å². The van der Waals surface area contributed by atoms with Crippen molar-refractivity contribution >= 4 is 11.7 Å². The van der Waals surface area contributed by atoms with E-state index in [1.807, 2.05) is 37.3 Å². The number of halogens is 1. The van der Waals surface area contributed by atoms with Crippen LogP contribution in [-0.2, 0) is 12.8 Å². The predicted octanol–water partition coefficient (Wildman–Crippen LogP) is 5.28. The van der Waals surface area contributed by atoms with E-state index < -0.39 is 11.5 Å². The highest BCUT2D eigenvalue weighted by atomic mass is 19.1. The van der Waals surface area contributed by atoms with Gasteiger partial charge in [-0.25, -0.2) is 9.37 Å². The number of rotatable bonds is 11. The van der Waals surface area contributed by atoms with Gasteiger partial charge in [-0.3, -0.25) is 4.79 Å². The largest absolute Gasteiger partial charge is 0.494 e. The van der Waals surface area contributed by atoms with Gasteiger partial charge in [-0.15, -0.1) is 10.2 Å². The number of hydrogen-bond acceptors (Lipinski definition) is 6. The van der Waals surface area contributed by atoms with Crippen LogP contribution in [0.1, 0.15) is 54.3 Å². The Morgan fingerprint density at radius 1 is 1.11 bits per heavy atom. The third kappa shape index (κ3) is 7.69. The number of aryl methyl sites for hydroxylation is 3. The molecule has 198 valence electrons. The Balaban J connectivity index is 1.38. The second-order valence-corrected chi connectivity index (χ2v) is 9.88. The van der Waals surface area contributed by atoms with Crippen molar-refractivity contribution in [3.8, 4) is 16.9 Å². The quantitative estimate of drug-likeness (QED) is 0.233. The summed E-state index contributed by atoms with van der Waals surface area (Å²) in [4.78, 5) is 20.0. The minimum atomic E-state index is -0.712. The van der Waals surface area contributed by atoms with Gasteiger partial charge in [0.1, 0.15) is 23.2 Å². The Bertz CT molecular complexity index is 1400. The zero-order valence-electron chi connectivity index (χ0n) is 21.8. The van der Waals surface area contributed by atoms with Gasteiger partial charge in [-0.05, 0) is 98.7 Å². The van der Waals surface area contributed by atoms with E-state index in [0.717, 1.165) is 34.4 Å². The highest BCUT2D eigenvalue weighted by Gasteiger charge is 2.15. The van der Waals surface area contributed by atoms with Crippen molar-refractivity contribution < 1.29 is 19.0 Å². The molecule has 1 amide bonds. The smallest absolute Gasteiger partial charge is 0.294 e. The normalized spacial score (nSPS) is 11.4. The summed E-state index contributed by atoms with van der Waals surface area (Å²) in [5.41, 5.74) is 3.02. The van der Waals surface area contributed by atoms with E-state index in [1.54, 1.807) is 32.2 Å². The Morgan fingerprint density at radius 3 is 2.74 bits per heavy atom. The molecular weight excluding hydrogens is 485 g/mol. The third-order valence-corrected chi connectivity index (χ3v) is 6.01. The van der Waals surface area contributed by atoms with Gasteiger partial charge in [0, 0.05) is 12.6 Å². The summed E-state index contributed by atoms with van der Waals surface area (Å²) in [6, 6.07) is 15.9. The maximum Gasteiger partial charge on any atom is 0.294 e. The fraction of sp³-hybridized carbons (Fsp3) is 0.310. The number of nitrogens with zero attached hydrogens (tertiary/aromatic N) is 3. The minimum Gasteiger partial charge on any atom is -0.494 e. The number of pyridine rings is 1. The van der Waals surface area contributed by atoms with Gasteiger partial charge in [-0.2, -0.15) is 0 Å². The minimum absolute atomic E-state index is 0.0732. The Labute approximate surface area is 221 Å². The van der Waals surface area contributed by atoms with Crippen LogP contribution in [0.5, 0.6) is 5.75 Å². The number of aromatic amines is 1. The van der Waals surface area contributed by atoms with Gasteiger partial charge in [-0.1, -0.05) is 18.2 Å². The van der Waals surface area contributed by atoms with Crippen molar-refractivity contribution in [3.05, 3.63) is 89.4 Å². The average molecular weight is 518 g/mol. The maximum absolute atomic E-state index is 13.4. The lowest BCUT2D eigenvalue weighted by atomic mass is 10.0. The van der Waals surface area contributed by atoms with Crippen molar-refractivity contribution in [2.75, 3.05) is 11.9 Å². The van der Waals surface area contributed by atoms with Gasteiger partial charge in [0.05, 0.1) is 12.2 Å². The number of H-pyrrole nitrogens is 1. The lowest BCUT2D eigenvalue weighted by Crippen LogP contribution is -2.19. The first-order valence-electron chi connectivity index (χ1n) is 12.6.